The van der Waals surface area contributed by atoms with Crippen LogP contribution in [0.3, 0.4) is 0 Å². The Morgan fingerprint density at radius 1 is 1.06 bits per heavy atom. The highest BCUT2D eigenvalue weighted by molar-refractivity contribution is 8.00. The van der Waals surface area contributed by atoms with Crippen LogP contribution in [-0.2, 0) is 19.0 Å². The maximum absolute atomic E-state index is 12.4. The van der Waals surface area contributed by atoms with Crippen molar-refractivity contribution < 1.29 is 23.8 Å². The Hall–Kier alpha value is -1.07. The third-order valence-electron chi connectivity index (χ3n) is 6.18. The zero-order valence-electron chi connectivity index (χ0n) is 20.9. The van der Waals surface area contributed by atoms with Gasteiger partial charge >= 0.3 is 6.03 Å². The first kappa shape index (κ1) is 29.2. The van der Waals surface area contributed by atoms with Crippen LogP contribution in [0, 0.1) is 0 Å². The molecule has 0 bridgehead atoms. The molecule has 2 fully saturated rings. The van der Waals surface area contributed by atoms with Gasteiger partial charge in [-0.05, 0) is 19.3 Å². The van der Waals surface area contributed by atoms with Crippen LogP contribution < -0.4 is 16.4 Å². The van der Waals surface area contributed by atoms with Gasteiger partial charge in [0.15, 0.2) is 0 Å². The van der Waals surface area contributed by atoms with E-state index < -0.39 is 0 Å². The molecule has 4 N–H and O–H groups in total. The summed E-state index contributed by atoms with van der Waals surface area (Å²) in [5, 5.41) is 6.56. The van der Waals surface area contributed by atoms with E-state index in [0.717, 1.165) is 38.0 Å². The number of carbonyl (C=O) groups is 2. The molecule has 198 valence electrons. The van der Waals surface area contributed by atoms with Gasteiger partial charge in [-0.25, -0.2) is 4.79 Å². The summed E-state index contributed by atoms with van der Waals surface area (Å²) in [7, 11) is 0. The molecule has 34 heavy (non-hydrogen) atoms. The molecule has 0 aromatic carbocycles. The van der Waals surface area contributed by atoms with Crippen molar-refractivity contribution in [3.8, 4) is 0 Å². The molecule has 0 aliphatic carbocycles. The van der Waals surface area contributed by atoms with E-state index in [0.29, 0.717) is 70.4 Å². The lowest BCUT2D eigenvalue weighted by Crippen LogP contribution is -2.41. The van der Waals surface area contributed by atoms with E-state index in [1.165, 1.54) is 19.3 Å². The van der Waals surface area contributed by atoms with Crippen molar-refractivity contribution in [2.45, 2.75) is 75.6 Å². The Bertz CT molecular complexity index is 571. The van der Waals surface area contributed by atoms with Gasteiger partial charge < -0.3 is 35.5 Å². The molecule has 0 aromatic heterocycles. The third-order valence-corrected chi connectivity index (χ3v) is 7.68. The van der Waals surface area contributed by atoms with Crippen LogP contribution in [0.25, 0.3) is 0 Å². The van der Waals surface area contributed by atoms with Gasteiger partial charge in [-0.1, -0.05) is 32.6 Å². The lowest BCUT2D eigenvalue weighted by Gasteiger charge is -2.27. The van der Waals surface area contributed by atoms with Gasteiger partial charge in [0.25, 0.3) is 0 Å². The molecular formula is C24H46N4O5S. The quantitative estimate of drug-likeness (QED) is 0.163. The van der Waals surface area contributed by atoms with Gasteiger partial charge in [0.2, 0.25) is 5.91 Å². The van der Waals surface area contributed by atoms with E-state index in [-0.39, 0.29) is 18.0 Å². The van der Waals surface area contributed by atoms with E-state index in [1.807, 2.05) is 11.8 Å². The number of carbonyl (C=O) groups excluding carboxylic acids is 2. The summed E-state index contributed by atoms with van der Waals surface area (Å²) in [5.74, 6) is 1.07. The van der Waals surface area contributed by atoms with Crippen molar-refractivity contribution >= 4 is 23.7 Å². The highest BCUT2D eigenvalue weighted by Crippen LogP contribution is 2.37. The average molecular weight is 503 g/mol. The summed E-state index contributed by atoms with van der Waals surface area (Å²) in [6.07, 6.45) is 8.19. The largest absolute Gasteiger partial charge is 0.378 e. The number of hydrogen-bond donors (Lipinski definition) is 3. The number of unbranched alkanes of at least 4 members (excludes halogenated alkanes) is 4. The highest BCUT2D eigenvalue weighted by atomic mass is 32.2. The predicted octanol–water partition coefficient (Wildman–Crippen LogP) is 2.13. The molecule has 2 aliphatic heterocycles. The number of nitrogens with two attached hydrogens (primary N) is 1. The average Bonchev–Trinajstić information content (AvgIpc) is 3.36. The number of thioether (sulfide) groups is 1. The molecule has 0 aromatic rings. The molecule has 2 rings (SSSR count). The highest BCUT2D eigenvalue weighted by Gasteiger charge is 2.47. The molecule has 9 nitrogen and oxygen atoms in total. The second-order valence-corrected chi connectivity index (χ2v) is 10.2. The molecule has 2 unspecified atom stereocenters. The van der Waals surface area contributed by atoms with Crippen LogP contribution in [0.1, 0.15) is 58.3 Å². The van der Waals surface area contributed by atoms with Crippen molar-refractivity contribution in [2.24, 2.45) is 5.73 Å². The van der Waals surface area contributed by atoms with Crippen LogP contribution in [0.5, 0.6) is 0 Å². The number of nitrogens with one attached hydrogen (secondary N) is 2. The molecule has 0 radical (unpaired) electrons. The van der Waals surface area contributed by atoms with Crippen LogP contribution in [-0.4, -0.2) is 99.2 Å². The Balaban J connectivity index is 1.47. The summed E-state index contributed by atoms with van der Waals surface area (Å²) in [6.45, 7) is 7.23. The van der Waals surface area contributed by atoms with Gasteiger partial charge in [-0.15, -0.1) is 0 Å². The molecule has 3 amide bonds. The standard InChI is InChI=1S/C24H46N4O5S/c1-2-3-4-7-12-28-23-20(27-24(28)30)19-34-21(23)8-5-6-9-22(29)26-11-14-32-16-18-33-17-15-31-13-10-25/h20-21,23H,2-19,25H2,1H3,(H,26,29)(H,27,30)/t20?,21-,23?/m0/s1. The van der Waals surface area contributed by atoms with Gasteiger partial charge in [0.1, 0.15) is 0 Å². The first-order chi connectivity index (χ1) is 16.7. The summed E-state index contributed by atoms with van der Waals surface area (Å²) in [6, 6.07) is 0.709. The Morgan fingerprint density at radius 2 is 1.79 bits per heavy atom. The molecule has 3 atom stereocenters. The van der Waals surface area contributed by atoms with E-state index in [1.54, 1.807) is 0 Å². The van der Waals surface area contributed by atoms with Crippen molar-refractivity contribution in [3.05, 3.63) is 0 Å². The Labute approximate surface area is 209 Å². The van der Waals surface area contributed by atoms with Crippen molar-refractivity contribution in [1.29, 1.82) is 0 Å². The zero-order chi connectivity index (χ0) is 24.4. The van der Waals surface area contributed by atoms with Gasteiger partial charge in [-0.2, -0.15) is 11.8 Å². The van der Waals surface area contributed by atoms with Crippen molar-refractivity contribution in [1.82, 2.24) is 15.5 Å². The van der Waals surface area contributed by atoms with E-state index >= 15 is 0 Å². The fourth-order valence-corrected chi connectivity index (χ4v) is 6.03. The second-order valence-electron chi connectivity index (χ2n) is 8.89. The minimum absolute atomic E-state index is 0.0733. The summed E-state index contributed by atoms with van der Waals surface area (Å²) >= 11 is 1.98. The molecule has 0 saturated carbocycles. The number of amides is 3. The monoisotopic (exact) mass is 502 g/mol. The number of fused-ring (bicyclic) bond motifs is 1. The second kappa shape index (κ2) is 18.2. The van der Waals surface area contributed by atoms with Crippen LogP contribution in [0.4, 0.5) is 4.79 Å². The summed E-state index contributed by atoms with van der Waals surface area (Å²) in [5.41, 5.74) is 5.33. The number of nitrogens with zero attached hydrogens (tertiary/aromatic N) is 1. The molecule has 2 heterocycles. The lowest BCUT2D eigenvalue weighted by atomic mass is 10.0. The van der Waals surface area contributed by atoms with Crippen LogP contribution >= 0.6 is 11.8 Å². The van der Waals surface area contributed by atoms with Crippen LogP contribution in [0.2, 0.25) is 0 Å². The normalized spacial score (nSPS) is 21.6. The molecular weight excluding hydrogens is 456 g/mol. The smallest absolute Gasteiger partial charge is 0.318 e. The van der Waals surface area contributed by atoms with Crippen LogP contribution in [0.15, 0.2) is 0 Å². The summed E-state index contributed by atoms with van der Waals surface area (Å²) < 4.78 is 16.1. The number of ether oxygens (including phenoxy) is 3. The van der Waals surface area contributed by atoms with E-state index in [9.17, 15) is 9.59 Å². The Kier molecular flexibility index (Phi) is 15.6. The number of urea groups is 1. The fourth-order valence-electron chi connectivity index (χ4n) is 4.43. The minimum atomic E-state index is 0.0733. The van der Waals surface area contributed by atoms with E-state index in [2.05, 4.69) is 22.5 Å². The maximum Gasteiger partial charge on any atom is 0.318 e. The van der Waals surface area contributed by atoms with Gasteiger partial charge in [0, 0.05) is 37.1 Å². The lowest BCUT2D eigenvalue weighted by molar-refractivity contribution is -0.121. The maximum atomic E-state index is 12.4. The van der Waals surface area contributed by atoms with Crippen molar-refractivity contribution in [3.63, 3.8) is 0 Å². The predicted molar refractivity (Wildman–Crippen MR) is 136 cm³/mol. The third kappa shape index (κ3) is 11.1. The fraction of sp³-hybridized carbons (Fsp3) is 0.917. The number of rotatable bonds is 21. The molecule has 10 heteroatoms. The SMILES string of the molecule is CCCCCCN1C(=O)NC2CS[C@@H](CCCCC(=O)NCCOCCOCCOCCN)C21. The molecule has 2 saturated heterocycles. The first-order valence-corrected chi connectivity index (χ1v) is 14.1. The minimum Gasteiger partial charge on any atom is -0.378 e. The van der Waals surface area contributed by atoms with Crippen molar-refractivity contribution in [2.75, 3.05) is 65.0 Å². The number of hydrogen-bond acceptors (Lipinski definition) is 7. The summed E-state index contributed by atoms with van der Waals surface area (Å²) in [4.78, 5) is 26.5. The first-order valence-electron chi connectivity index (χ1n) is 13.1. The Morgan fingerprint density at radius 3 is 2.53 bits per heavy atom. The zero-order valence-corrected chi connectivity index (χ0v) is 21.8. The van der Waals surface area contributed by atoms with E-state index in [4.69, 9.17) is 19.9 Å². The van der Waals surface area contributed by atoms with Gasteiger partial charge in [0.05, 0.1) is 51.7 Å². The molecule has 2 aliphatic rings. The topological polar surface area (TPSA) is 115 Å². The molecule has 0 spiro atoms. The van der Waals surface area contributed by atoms with Gasteiger partial charge in [-0.3, -0.25) is 4.79 Å².